The normalized spacial score (nSPS) is 19.5. The van der Waals surface area contributed by atoms with E-state index in [1.54, 1.807) is 4.90 Å². The predicted octanol–water partition coefficient (Wildman–Crippen LogP) is 4.31. The first-order valence-electron chi connectivity index (χ1n) is 11.2. The molecule has 164 valence electrons. The summed E-state index contributed by atoms with van der Waals surface area (Å²) in [6.45, 7) is 7.22. The molecule has 0 aromatic heterocycles. The van der Waals surface area contributed by atoms with E-state index in [1.807, 2.05) is 49.4 Å². The number of amides is 2. The number of rotatable bonds is 6. The van der Waals surface area contributed by atoms with Gasteiger partial charge in [0, 0.05) is 31.7 Å². The third-order valence-corrected chi connectivity index (χ3v) is 6.24. The maximum absolute atomic E-state index is 13.0. The Morgan fingerprint density at radius 2 is 1.81 bits per heavy atom. The van der Waals surface area contributed by atoms with Crippen molar-refractivity contribution >= 4 is 28.9 Å². The van der Waals surface area contributed by atoms with Crippen molar-refractivity contribution in [1.82, 2.24) is 0 Å². The number of ether oxygens (including phenoxy) is 1. The highest BCUT2D eigenvalue weighted by Crippen LogP contribution is 2.32. The molecule has 2 aromatic rings. The molecule has 2 aromatic carbocycles. The lowest BCUT2D eigenvalue weighted by atomic mass is 9.98. The van der Waals surface area contributed by atoms with Gasteiger partial charge in [0.1, 0.15) is 5.75 Å². The molecule has 0 aliphatic carbocycles. The van der Waals surface area contributed by atoms with Gasteiger partial charge in [-0.05, 0) is 62.1 Å². The molecule has 2 saturated heterocycles. The predicted molar refractivity (Wildman–Crippen MR) is 124 cm³/mol. The zero-order valence-corrected chi connectivity index (χ0v) is 18.3. The second kappa shape index (κ2) is 9.41. The summed E-state index contributed by atoms with van der Waals surface area (Å²) in [5.74, 6) is 1.03. The Morgan fingerprint density at radius 1 is 1.10 bits per heavy atom. The highest BCUT2D eigenvalue weighted by molar-refractivity contribution is 6.04. The average molecular weight is 422 g/mol. The zero-order valence-electron chi connectivity index (χ0n) is 18.3. The molecule has 31 heavy (non-hydrogen) atoms. The SMILES string of the molecule is CCOc1ccc(N2C[C@H](C(=O)Nc3ccccc3N3CCC(C)CC3)CC2=O)cc1. The molecule has 2 heterocycles. The summed E-state index contributed by atoms with van der Waals surface area (Å²) in [7, 11) is 0. The van der Waals surface area contributed by atoms with Crippen molar-refractivity contribution in [3.8, 4) is 5.75 Å². The van der Waals surface area contributed by atoms with Gasteiger partial charge in [-0.25, -0.2) is 0 Å². The Bertz CT molecular complexity index is 920. The molecular formula is C25H31N3O3. The topological polar surface area (TPSA) is 61.9 Å². The van der Waals surface area contributed by atoms with Crippen LogP contribution in [0.15, 0.2) is 48.5 Å². The number of anilines is 3. The summed E-state index contributed by atoms with van der Waals surface area (Å²) >= 11 is 0. The van der Waals surface area contributed by atoms with Gasteiger partial charge >= 0.3 is 0 Å². The minimum atomic E-state index is -0.367. The minimum Gasteiger partial charge on any atom is -0.494 e. The van der Waals surface area contributed by atoms with Gasteiger partial charge in [-0.2, -0.15) is 0 Å². The average Bonchev–Trinajstić information content (AvgIpc) is 3.17. The first-order valence-corrected chi connectivity index (χ1v) is 11.2. The van der Waals surface area contributed by atoms with Crippen LogP contribution in [0.3, 0.4) is 0 Å². The van der Waals surface area contributed by atoms with Crippen LogP contribution in [0.2, 0.25) is 0 Å². The molecule has 0 spiro atoms. The largest absolute Gasteiger partial charge is 0.494 e. The fourth-order valence-electron chi connectivity index (χ4n) is 4.36. The summed E-state index contributed by atoms with van der Waals surface area (Å²) in [6, 6.07) is 15.4. The van der Waals surface area contributed by atoms with Crippen LogP contribution in [-0.4, -0.2) is 38.1 Å². The van der Waals surface area contributed by atoms with Crippen LogP contribution in [-0.2, 0) is 9.59 Å². The van der Waals surface area contributed by atoms with E-state index in [4.69, 9.17) is 4.74 Å². The number of hydrogen-bond donors (Lipinski definition) is 1. The van der Waals surface area contributed by atoms with E-state index >= 15 is 0 Å². The Kier molecular flexibility index (Phi) is 6.44. The molecule has 0 unspecified atom stereocenters. The van der Waals surface area contributed by atoms with Gasteiger partial charge in [0.15, 0.2) is 0 Å². The fourth-order valence-corrected chi connectivity index (χ4v) is 4.36. The second-order valence-corrected chi connectivity index (χ2v) is 8.51. The summed E-state index contributed by atoms with van der Waals surface area (Å²) < 4.78 is 5.47. The highest BCUT2D eigenvalue weighted by Gasteiger charge is 2.35. The molecule has 0 saturated carbocycles. The van der Waals surface area contributed by atoms with Crippen LogP contribution >= 0.6 is 0 Å². The summed E-state index contributed by atoms with van der Waals surface area (Å²) in [5.41, 5.74) is 2.69. The molecule has 1 atom stereocenters. The molecule has 6 nitrogen and oxygen atoms in total. The molecule has 0 bridgehead atoms. The molecule has 2 fully saturated rings. The van der Waals surface area contributed by atoms with Gasteiger partial charge in [-0.1, -0.05) is 19.1 Å². The van der Waals surface area contributed by atoms with Crippen LogP contribution in [0.5, 0.6) is 5.75 Å². The number of benzene rings is 2. The van der Waals surface area contributed by atoms with Crippen molar-refractivity contribution in [3.63, 3.8) is 0 Å². The third-order valence-electron chi connectivity index (χ3n) is 6.24. The van der Waals surface area contributed by atoms with Crippen molar-refractivity contribution in [1.29, 1.82) is 0 Å². The van der Waals surface area contributed by atoms with E-state index in [1.165, 1.54) is 0 Å². The summed E-state index contributed by atoms with van der Waals surface area (Å²) in [4.78, 5) is 29.7. The fraction of sp³-hybridized carbons (Fsp3) is 0.440. The van der Waals surface area contributed by atoms with Crippen LogP contribution < -0.4 is 19.9 Å². The third kappa shape index (κ3) is 4.84. The standard InChI is InChI=1S/C25H31N3O3/c1-3-31-21-10-8-20(9-11-21)28-17-19(16-24(28)29)25(30)26-22-6-4-5-7-23(22)27-14-12-18(2)13-15-27/h4-11,18-19H,3,12-17H2,1-2H3,(H,26,30)/t19-/m1/s1. The second-order valence-electron chi connectivity index (χ2n) is 8.51. The lowest BCUT2D eigenvalue weighted by molar-refractivity contribution is -0.122. The maximum Gasteiger partial charge on any atom is 0.229 e. The Balaban J connectivity index is 1.42. The van der Waals surface area contributed by atoms with Crippen molar-refractivity contribution in [2.24, 2.45) is 11.8 Å². The van der Waals surface area contributed by atoms with E-state index in [0.29, 0.717) is 13.2 Å². The quantitative estimate of drug-likeness (QED) is 0.755. The first kappa shape index (κ1) is 21.2. The van der Waals surface area contributed by atoms with Gasteiger partial charge in [0.25, 0.3) is 0 Å². The van der Waals surface area contributed by atoms with Crippen LogP contribution in [0.4, 0.5) is 17.1 Å². The van der Waals surface area contributed by atoms with E-state index in [9.17, 15) is 9.59 Å². The van der Waals surface area contributed by atoms with E-state index in [-0.39, 0.29) is 24.2 Å². The zero-order chi connectivity index (χ0) is 21.8. The summed E-state index contributed by atoms with van der Waals surface area (Å²) in [6.07, 6.45) is 2.55. The number of carbonyl (C=O) groups excluding carboxylic acids is 2. The maximum atomic E-state index is 13.0. The minimum absolute atomic E-state index is 0.0254. The van der Waals surface area contributed by atoms with Crippen LogP contribution in [0.1, 0.15) is 33.1 Å². The van der Waals surface area contributed by atoms with Gasteiger partial charge < -0.3 is 19.9 Å². The number of nitrogens with zero attached hydrogens (tertiary/aromatic N) is 2. The molecular weight excluding hydrogens is 390 g/mol. The van der Waals surface area contributed by atoms with Crippen molar-refractivity contribution in [2.45, 2.75) is 33.1 Å². The number of carbonyl (C=O) groups is 2. The van der Waals surface area contributed by atoms with Crippen molar-refractivity contribution in [2.75, 3.05) is 41.4 Å². The van der Waals surface area contributed by atoms with E-state index < -0.39 is 0 Å². The lowest BCUT2D eigenvalue weighted by Crippen LogP contribution is -2.34. The van der Waals surface area contributed by atoms with E-state index in [2.05, 4.69) is 23.2 Å². The van der Waals surface area contributed by atoms with Gasteiger partial charge in [0.2, 0.25) is 11.8 Å². The molecule has 0 radical (unpaired) electrons. The molecule has 4 rings (SSSR count). The van der Waals surface area contributed by atoms with Crippen LogP contribution in [0.25, 0.3) is 0 Å². The number of nitrogens with one attached hydrogen (secondary N) is 1. The Morgan fingerprint density at radius 3 is 2.52 bits per heavy atom. The van der Waals surface area contributed by atoms with Gasteiger partial charge in [0.05, 0.1) is 23.9 Å². The van der Waals surface area contributed by atoms with E-state index in [0.717, 1.165) is 54.7 Å². The smallest absolute Gasteiger partial charge is 0.229 e. The van der Waals surface area contributed by atoms with Crippen molar-refractivity contribution in [3.05, 3.63) is 48.5 Å². The Hall–Kier alpha value is -3.02. The lowest BCUT2D eigenvalue weighted by Gasteiger charge is -2.33. The number of para-hydroxylation sites is 2. The molecule has 6 heteroatoms. The van der Waals surface area contributed by atoms with Crippen molar-refractivity contribution < 1.29 is 14.3 Å². The van der Waals surface area contributed by atoms with Crippen LogP contribution in [0, 0.1) is 11.8 Å². The molecule has 2 aliphatic heterocycles. The Labute approximate surface area is 184 Å². The number of hydrogen-bond acceptors (Lipinski definition) is 4. The molecule has 2 aliphatic rings. The van der Waals surface area contributed by atoms with Gasteiger partial charge in [-0.3, -0.25) is 9.59 Å². The number of piperidine rings is 1. The molecule has 1 N–H and O–H groups in total. The first-order chi connectivity index (χ1) is 15.0. The highest BCUT2D eigenvalue weighted by atomic mass is 16.5. The summed E-state index contributed by atoms with van der Waals surface area (Å²) in [5, 5.41) is 3.10. The monoisotopic (exact) mass is 421 g/mol. The van der Waals surface area contributed by atoms with Gasteiger partial charge in [-0.15, -0.1) is 0 Å². The molecule has 2 amide bonds.